The fourth-order valence-electron chi connectivity index (χ4n) is 2.57. The minimum absolute atomic E-state index is 0.0863. The lowest BCUT2D eigenvalue weighted by atomic mass is 10.1. The SMILES string of the molecule is Cc1ccc(NC(=O)c2ccc(F)cn2)cc1C(=O)N1CCOCC1. The highest BCUT2D eigenvalue weighted by Gasteiger charge is 2.20. The number of anilines is 1. The van der Waals surface area contributed by atoms with Gasteiger partial charge >= 0.3 is 0 Å². The van der Waals surface area contributed by atoms with Crippen LogP contribution in [0.15, 0.2) is 36.5 Å². The van der Waals surface area contributed by atoms with Gasteiger partial charge in [0.05, 0.1) is 19.4 Å². The highest BCUT2D eigenvalue weighted by atomic mass is 19.1. The number of morpholine rings is 1. The van der Waals surface area contributed by atoms with Crippen LogP contribution in [-0.4, -0.2) is 48.0 Å². The predicted molar refractivity (Wildman–Crippen MR) is 90.0 cm³/mol. The molecule has 2 aromatic rings. The summed E-state index contributed by atoms with van der Waals surface area (Å²) in [6.45, 7) is 4.00. The van der Waals surface area contributed by atoms with Crippen molar-refractivity contribution in [2.75, 3.05) is 31.6 Å². The van der Waals surface area contributed by atoms with Crippen molar-refractivity contribution in [3.63, 3.8) is 0 Å². The minimum Gasteiger partial charge on any atom is -0.378 e. The Morgan fingerprint density at radius 3 is 2.64 bits per heavy atom. The quantitative estimate of drug-likeness (QED) is 0.928. The van der Waals surface area contributed by atoms with Crippen molar-refractivity contribution in [1.82, 2.24) is 9.88 Å². The van der Waals surface area contributed by atoms with E-state index >= 15 is 0 Å². The minimum atomic E-state index is -0.509. The largest absolute Gasteiger partial charge is 0.378 e. The number of carbonyl (C=O) groups is 2. The van der Waals surface area contributed by atoms with E-state index in [0.717, 1.165) is 11.8 Å². The Kier molecular flexibility index (Phi) is 5.04. The maximum absolute atomic E-state index is 12.9. The molecule has 0 radical (unpaired) electrons. The molecule has 7 heteroatoms. The molecule has 0 spiro atoms. The highest BCUT2D eigenvalue weighted by Crippen LogP contribution is 2.18. The fourth-order valence-corrected chi connectivity index (χ4v) is 2.57. The zero-order chi connectivity index (χ0) is 17.8. The van der Waals surface area contributed by atoms with Gasteiger partial charge in [-0.15, -0.1) is 0 Å². The lowest BCUT2D eigenvalue weighted by molar-refractivity contribution is 0.0302. The van der Waals surface area contributed by atoms with Crippen LogP contribution in [0.1, 0.15) is 26.4 Å². The van der Waals surface area contributed by atoms with Crippen molar-refractivity contribution in [1.29, 1.82) is 0 Å². The Balaban J connectivity index is 1.77. The van der Waals surface area contributed by atoms with E-state index in [1.165, 1.54) is 12.1 Å². The summed E-state index contributed by atoms with van der Waals surface area (Å²) in [5, 5.41) is 2.68. The summed E-state index contributed by atoms with van der Waals surface area (Å²) in [6.07, 6.45) is 0.984. The van der Waals surface area contributed by atoms with Crippen LogP contribution in [0.4, 0.5) is 10.1 Å². The summed E-state index contributed by atoms with van der Waals surface area (Å²) in [4.78, 5) is 30.3. The Bertz CT molecular complexity index is 787. The number of hydrogen-bond acceptors (Lipinski definition) is 4. The lowest BCUT2D eigenvalue weighted by Gasteiger charge is -2.27. The summed E-state index contributed by atoms with van der Waals surface area (Å²) >= 11 is 0. The van der Waals surface area contributed by atoms with Crippen LogP contribution in [0.3, 0.4) is 0 Å². The van der Waals surface area contributed by atoms with E-state index in [0.29, 0.717) is 37.6 Å². The van der Waals surface area contributed by atoms with E-state index < -0.39 is 11.7 Å². The van der Waals surface area contributed by atoms with Crippen LogP contribution < -0.4 is 5.32 Å². The summed E-state index contributed by atoms with van der Waals surface area (Å²) in [5.74, 6) is -1.06. The number of aromatic nitrogens is 1. The average molecular weight is 343 g/mol. The zero-order valence-electron chi connectivity index (χ0n) is 13.8. The average Bonchev–Trinajstić information content (AvgIpc) is 2.64. The third-order valence-electron chi connectivity index (χ3n) is 3.98. The number of carbonyl (C=O) groups excluding carboxylic acids is 2. The molecule has 2 amide bonds. The molecule has 1 saturated heterocycles. The molecule has 0 atom stereocenters. The van der Waals surface area contributed by atoms with Gasteiger partial charge in [-0.25, -0.2) is 9.37 Å². The van der Waals surface area contributed by atoms with Gasteiger partial charge in [0.1, 0.15) is 11.5 Å². The summed E-state index contributed by atoms with van der Waals surface area (Å²) in [5.41, 5.74) is 1.95. The van der Waals surface area contributed by atoms with Gasteiger partial charge in [0, 0.05) is 24.3 Å². The topological polar surface area (TPSA) is 71.5 Å². The smallest absolute Gasteiger partial charge is 0.274 e. The third-order valence-corrected chi connectivity index (χ3v) is 3.98. The Hall–Kier alpha value is -2.80. The van der Waals surface area contributed by atoms with E-state index in [-0.39, 0.29) is 11.6 Å². The molecule has 1 aliphatic rings. The number of aryl methyl sites for hydroxylation is 1. The van der Waals surface area contributed by atoms with E-state index in [9.17, 15) is 14.0 Å². The normalized spacial score (nSPS) is 14.2. The number of nitrogens with zero attached hydrogens (tertiary/aromatic N) is 2. The molecule has 1 aromatic heterocycles. The van der Waals surface area contributed by atoms with Gasteiger partial charge in [-0.05, 0) is 36.8 Å². The molecule has 0 saturated carbocycles. The van der Waals surface area contributed by atoms with Crippen LogP contribution in [0.2, 0.25) is 0 Å². The molecule has 1 aromatic carbocycles. The second-order valence-corrected chi connectivity index (χ2v) is 5.75. The van der Waals surface area contributed by atoms with Crippen molar-refractivity contribution < 1.29 is 18.7 Å². The van der Waals surface area contributed by atoms with Gasteiger partial charge in [0.15, 0.2) is 0 Å². The molecule has 25 heavy (non-hydrogen) atoms. The van der Waals surface area contributed by atoms with E-state index in [2.05, 4.69) is 10.3 Å². The van der Waals surface area contributed by atoms with Gasteiger partial charge < -0.3 is 15.0 Å². The number of benzene rings is 1. The molecule has 1 aliphatic heterocycles. The number of pyridine rings is 1. The number of hydrogen-bond donors (Lipinski definition) is 1. The van der Waals surface area contributed by atoms with Gasteiger partial charge in [-0.3, -0.25) is 9.59 Å². The number of nitrogens with one attached hydrogen (secondary N) is 1. The molecule has 1 N–H and O–H groups in total. The first-order chi connectivity index (χ1) is 12.0. The molecule has 6 nitrogen and oxygen atoms in total. The van der Waals surface area contributed by atoms with Crippen molar-refractivity contribution in [3.8, 4) is 0 Å². The first-order valence-corrected chi connectivity index (χ1v) is 7.95. The third kappa shape index (κ3) is 4.00. The van der Waals surface area contributed by atoms with Crippen LogP contribution in [0, 0.1) is 12.7 Å². The maximum Gasteiger partial charge on any atom is 0.274 e. The van der Waals surface area contributed by atoms with Gasteiger partial charge in [0.25, 0.3) is 11.8 Å². The van der Waals surface area contributed by atoms with Gasteiger partial charge in [-0.1, -0.05) is 6.07 Å². The predicted octanol–water partition coefficient (Wildman–Crippen LogP) is 2.25. The molecule has 2 heterocycles. The van der Waals surface area contributed by atoms with Crippen LogP contribution in [0.5, 0.6) is 0 Å². The molecule has 3 rings (SSSR count). The van der Waals surface area contributed by atoms with E-state index in [1.807, 2.05) is 6.92 Å². The van der Waals surface area contributed by atoms with Crippen molar-refractivity contribution in [3.05, 3.63) is 59.2 Å². The molecule has 1 fully saturated rings. The Labute approximate surface area is 144 Å². The monoisotopic (exact) mass is 343 g/mol. The maximum atomic E-state index is 12.9. The first-order valence-electron chi connectivity index (χ1n) is 7.95. The van der Waals surface area contributed by atoms with Crippen molar-refractivity contribution in [2.24, 2.45) is 0 Å². The summed E-state index contributed by atoms with van der Waals surface area (Å²) in [6, 6.07) is 7.62. The molecular formula is C18H18FN3O3. The van der Waals surface area contributed by atoms with Crippen LogP contribution in [-0.2, 0) is 4.74 Å². The van der Waals surface area contributed by atoms with Gasteiger partial charge in [0.2, 0.25) is 0 Å². The summed E-state index contributed by atoms with van der Waals surface area (Å²) < 4.78 is 18.2. The lowest BCUT2D eigenvalue weighted by Crippen LogP contribution is -2.41. The number of halogens is 1. The van der Waals surface area contributed by atoms with E-state index in [4.69, 9.17) is 4.74 Å². The molecule has 0 unspecified atom stereocenters. The highest BCUT2D eigenvalue weighted by molar-refractivity contribution is 6.04. The zero-order valence-corrected chi connectivity index (χ0v) is 13.8. The second-order valence-electron chi connectivity index (χ2n) is 5.75. The van der Waals surface area contributed by atoms with Gasteiger partial charge in [-0.2, -0.15) is 0 Å². The standard InChI is InChI=1S/C18H18FN3O3/c1-12-2-4-14(21-17(23)16-5-3-13(19)11-20-16)10-15(12)18(24)22-6-8-25-9-7-22/h2-5,10-11H,6-9H2,1H3,(H,21,23). The van der Waals surface area contributed by atoms with E-state index in [1.54, 1.807) is 23.1 Å². The van der Waals surface area contributed by atoms with Crippen molar-refractivity contribution in [2.45, 2.75) is 6.92 Å². The number of amides is 2. The molecular weight excluding hydrogens is 325 g/mol. The summed E-state index contributed by atoms with van der Waals surface area (Å²) in [7, 11) is 0. The first kappa shape index (κ1) is 17.0. The molecule has 0 bridgehead atoms. The Morgan fingerprint density at radius 2 is 1.96 bits per heavy atom. The Morgan fingerprint density at radius 1 is 1.20 bits per heavy atom. The molecule has 130 valence electrons. The fraction of sp³-hybridized carbons (Fsp3) is 0.278. The molecule has 0 aliphatic carbocycles. The second kappa shape index (κ2) is 7.40. The van der Waals surface area contributed by atoms with Crippen LogP contribution in [0.25, 0.3) is 0 Å². The van der Waals surface area contributed by atoms with Crippen molar-refractivity contribution >= 4 is 17.5 Å². The van der Waals surface area contributed by atoms with Crippen LogP contribution >= 0.6 is 0 Å². The number of rotatable bonds is 3. The number of ether oxygens (including phenoxy) is 1.